The quantitative estimate of drug-likeness (QED) is 0.697. The van der Waals surface area contributed by atoms with E-state index < -0.39 is 11.8 Å². The van der Waals surface area contributed by atoms with E-state index in [-0.39, 0.29) is 5.56 Å². The van der Waals surface area contributed by atoms with Gasteiger partial charge in [-0.05, 0) is 35.0 Å². The molecule has 0 spiro atoms. The molecule has 2 amide bonds. The van der Waals surface area contributed by atoms with Crippen molar-refractivity contribution in [2.24, 2.45) is 10.2 Å². The summed E-state index contributed by atoms with van der Waals surface area (Å²) in [5, 5.41) is 8.23. The van der Waals surface area contributed by atoms with E-state index in [0.29, 0.717) is 11.3 Å². The van der Waals surface area contributed by atoms with Gasteiger partial charge in [0.15, 0.2) is 0 Å². The zero-order valence-corrected chi connectivity index (χ0v) is 8.68. The van der Waals surface area contributed by atoms with Gasteiger partial charge in [0.2, 0.25) is 0 Å². The Hall–Kier alpha value is -2.56. The lowest BCUT2D eigenvalue weighted by Crippen LogP contribution is -2.10. The van der Waals surface area contributed by atoms with Gasteiger partial charge in [-0.25, -0.2) is 0 Å². The van der Waals surface area contributed by atoms with Gasteiger partial charge in [-0.1, -0.05) is 6.07 Å². The Morgan fingerprint density at radius 3 is 2.06 bits per heavy atom. The number of amides is 2. The number of hydrogen-bond acceptors (Lipinski definition) is 3. The molecule has 17 heavy (non-hydrogen) atoms. The normalized spacial score (nSPS) is 14.1. The molecular formula is C12H7N3O2. The van der Waals surface area contributed by atoms with Gasteiger partial charge >= 0.3 is 0 Å². The zero-order chi connectivity index (χ0) is 12.0. The van der Waals surface area contributed by atoms with E-state index in [2.05, 4.69) is 10.2 Å². The van der Waals surface area contributed by atoms with Crippen LogP contribution in [-0.4, -0.2) is 11.8 Å². The van der Waals surface area contributed by atoms with Crippen LogP contribution in [0.1, 0.15) is 20.7 Å². The maximum absolute atomic E-state index is 11.5. The van der Waals surface area contributed by atoms with Crippen LogP contribution in [0.15, 0.2) is 40.6 Å². The van der Waals surface area contributed by atoms with Crippen molar-refractivity contribution in [2.45, 2.75) is 0 Å². The number of nitrogen functional groups attached to an aromatic ring is 1. The predicted octanol–water partition coefficient (Wildman–Crippen LogP) is 2.17. The van der Waals surface area contributed by atoms with Crippen LogP contribution in [0.25, 0.3) is 10.8 Å². The van der Waals surface area contributed by atoms with Crippen molar-refractivity contribution in [3.8, 4) is 0 Å². The minimum Gasteiger partial charge on any atom is -0.399 e. The second-order valence-electron chi connectivity index (χ2n) is 3.81. The molecule has 0 saturated heterocycles. The fourth-order valence-electron chi connectivity index (χ4n) is 1.87. The lowest BCUT2D eigenvalue weighted by Gasteiger charge is -2.09. The number of carbonyl (C=O) groups is 2. The number of azo groups is 1. The lowest BCUT2D eigenvalue weighted by atomic mass is 9.99. The minimum absolute atomic E-state index is 0.281. The third-order valence-corrected chi connectivity index (χ3v) is 2.69. The number of benzene rings is 2. The van der Waals surface area contributed by atoms with Crippen molar-refractivity contribution >= 4 is 28.3 Å². The van der Waals surface area contributed by atoms with Gasteiger partial charge < -0.3 is 5.73 Å². The minimum atomic E-state index is -0.496. The summed E-state index contributed by atoms with van der Waals surface area (Å²) in [6.45, 7) is 0. The standard InChI is InChI=1S/C12H7N3O2/c13-8-2-1-6-4-9-10(5-7(6)3-8)12(17)15-14-11(9)16/h1-5H,13H2. The number of nitrogens with two attached hydrogens (primary N) is 1. The van der Waals surface area contributed by atoms with Gasteiger partial charge in [0.05, 0.1) is 11.1 Å². The highest BCUT2D eigenvalue weighted by Gasteiger charge is 2.22. The molecule has 0 unspecified atom stereocenters. The molecule has 0 radical (unpaired) electrons. The zero-order valence-electron chi connectivity index (χ0n) is 8.68. The van der Waals surface area contributed by atoms with Crippen LogP contribution in [0, 0.1) is 0 Å². The van der Waals surface area contributed by atoms with Gasteiger partial charge in [-0.3, -0.25) is 9.59 Å². The molecule has 2 N–H and O–H groups in total. The van der Waals surface area contributed by atoms with Crippen LogP contribution in [-0.2, 0) is 0 Å². The fraction of sp³-hybridized carbons (Fsp3) is 0. The lowest BCUT2D eigenvalue weighted by molar-refractivity contribution is 0.0921. The SMILES string of the molecule is Nc1ccc2cc3c(cc2c1)C(=O)N=NC3=O. The first-order valence-corrected chi connectivity index (χ1v) is 4.99. The summed E-state index contributed by atoms with van der Waals surface area (Å²) < 4.78 is 0. The molecule has 0 aromatic heterocycles. The van der Waals surface area contributed by atoms with Gasteiger partial charge in [0.25, 0.3) is 11.8 Å². The summed E-state index contributed by atoms with van der Waals surface area (Å²) >= 11 is 0. The van der Waals surface area contributed by atoms with Crippen LogP contribution < -0.4 is 5.73 Å². The first kappa shape index (κ1) is 9.65. The van der Waals surface area contributed by atoms with E-state index in [0.717, 1.165) is 10.8 Å². The van der Waals surface area contributed by atoms with Crippen molar-refractivity contribution in [3.05, 3.63) is 41.5 Å². The molecule has 1 aliphatic heterocycles. The van der Waals surface area contributed by atoms with E-state index in [1.54, 1.807) is 30.3 Å². The third kappa shape index (κ3) is 1.40. The smallest absolute Gasteiger partial charge is 0.296 e. The summed E-state index contributed by atoms with van der Waals surface area (Å²) in [4.78, 5) is 23.0. The molecule has 5 nitrogen and oxygen atoms in total. The van der Waals surface area contributed by atoms with Crippen LogP contribution >= 0.6 is 0 Å². The third-order valence-electron chi connectivity index (χ3n) is 2.69. The molecule has 0 fully saturated rings. The van der Waals surface area contributed by atoms with Crippen molar-refractivity contribution < 1.29 is 9.59 Å². The van der Waals surface area contributed by atoms with E-state index in [1.165, 1.54) is 0 Å². The van der Waals surface area contributed by atoms with Gasteiger partial charge in [0, 0.05) is 5.69 Å². The Morgan fingerprint density at radius 2 is 1.41 bits per heavy atom. The second-order valence-corrected chi connectivity index (χ2v) is 3.81. The largest absolute Gasteiger partial charge is 0.399 e. The molecule has 1 heterocycles. The Kier molecular flexibility index (Phi) is 1.82. The molecule has 0 bridgehead atoms. The molecule has 3 rings (SSSR count). The second kappa shape index (κ2) is 3.21. The maximum atomic E-state index is 11.5. The van der Waals surface area contributed by atoms with Crippen LogP contribution in [0.4, 0.5) is 5.69 Å². The highest BCUT2D eigenvalue weighted by atomic mass is 16.2. The van der Waals surface area contributed by atoms with Crippen molar-refractivity contribution in [1.29, 1.82) is 0 Å². The van der Waals surface area contributed by atoms with Gasteiger partial charge in [-0.2, -0.15) is 0 Å². The summed E-state index contributed by atoms with van der Waals surface area (Å²) in [6.07, 6.45) is 0. The Balaban J connectivity index is 2.38. The van der Waals surface area contributed by atoms with Crippen LogP contribution in [0.5, 0.6) is 0 Å². The molecule has 0 aliphatic carbocycles. The number of fused-ring (bicyclic) bond motifs is 2. The predicted molar refractivity (Wildman–Crippen MR) is 61.9 cm³/mol. The number of nitrogens with zero attached hydrogens (tertiary/aromatic N) is 2. The topological polar surface area (TPSA) is 84.9 Å². The van der Waals surface area contributed by atoms with E-state index >= 15 is 0 Å². The molecule has 82 valence electrons. The van der Waals surface area contributed by atoms with Gasteiger partial charge in [0.1, 0.15) is 0 Å². The molecular weight excluding hydrogens is 218 g/mol. The number of hydrogen-bond donors (Lipinski definition) is 1. The highest BCUT2D eigenvalue weighted by Crippen LogP contribution is 2.25. The van der Waals surface area contributed by atoms with Crippen molar-refractivity contribution in [1.82, 2.24) is 0 Å². The van der Waals surface area contributed by atoms with Crippen molar-refractivity contribution in [3.63, 3.8) is 0 Å². The number of carbonyl (C=O) groups excluding carboxylic acids is 2. The molecule has 5 heteroatoms. The summed E-state index contributed by atoms with van der Waals surface area (Å²) in [5.41, 5.74) is 6.85. The van der Waals surface area contributed by atoms with Crippen LogP contribution in [0.3, 0.4) is 0 Å². The summed E-state index contributed by atoms with van der Waals surface area (Å²) in [5.74, 6) is -0.984. The maximum Gasteiger partial charge on any atom is 0.296 e. The van der Waals surface area contributed by atoms with Crippen LogP contribution in [0.2, 0.25) is 0 Å². The van der Waals surface area contributed by atoms with Gasteiger partial charge in [-0.15, -0.1) is 10.2 Å². The number of rotatable bonds is 0. The Bertz CT molecular complexity index is 704. The van der Waals surface area contributed by atoms with Crippen molar-refractivity contribution in [2.75, 3.05) is 5.73 Å². The molecule has 2 aromatic rings. The summed E-state index contributed by atoms with van der Waals surface area (Å²) in [6, 6.07) is 8.56. The van der Waals surface area contributed by atoms with E-state index in [1.807, 2.05) is 0 Å². The summed E-state index contributed by atoms with van der Waals surface area (Å²) in [7, 11) is 0. The fourth-order valence-corrected chi connectivity index (χ4v) is 1.87. The Morgan fingerprint density at radius 1 is 0.824 bits per heavy atom. The average Bonchev–Trinajstić information content (AvgIpc) is 2.32. The molecule has 2 aromatic carbocycles. The first-order valence-electron chi connectivity index (χ1n) is 4.99. The average molecular weight is 225 g/mol. The van der Waals surface area contributed by atoms with E-state index in [4.69, 9.17) is 5.73 Å². The number of anilines is 1. The monoisotopic (exact) mass is 225 g/mol. The molecule has 0 atom stereocenters. The molecule has 0 saturated carbocycles. The highest BCUT2D eigenvalue weighted by molar-refractivity contribution is 6.13. The first-order chi connectivity index (χ1) is 8.15. The molecule has 1 aliphatic rings. The van der Waals surface area contributed by atoms with E-state index in [9.17, 15) is 9.59 Å². The Labute approximate surface area is 95.9 Å².